The van der Waals surface area contributed by atoms with Crippen molar-refractivity contribution in [2.75, 3.05) is 17.6 Å². The highest BCUT2D eigenvalue weighted by Gasteiger charge is 2.21. The molecule has 1 fully saturated rings. The molecule has 1 saturated carbocycles. The monoisotopic (exact) mass is 282 g/mol. The molecule has 2 atom stereocenters. The van der Waals surface area contributed by atoms with Gasteiger partial charge in [0.05, 0.1) is 0 Å². The zero-order valence-corrected chi connectivity index (χ0v) is 12.4. The fourth-order valence-electron chi connectivity index (χ4n) is 3.03. The van der Waals surface area contributed by atoms with Crippen molar-refractivity contribution in [2.24, 2.45) is 11.8 Å². The van der Waals surface area contributed by atoms with Gasteiger partial charge < -0.3 is 11.1 Å². The molecule has 0 radical (unpaired) electrons. The molecular weight excluding hydrogens is 260 g/mol. The summed E-state index contributed by atoms with van der Waals surface area (Å²) in [5.74, 6) is 3.61. The second-order valence-electron chi connectivity index (χ2n) is 6.03. The van der Waals surface area contributed by atoms with Gasteiger partial charge in [0, 0.05) is 18.2 Å². The predicted molar refractivity (Wildman–Crippen MR) is 86.9 cm³/mol. The highest BCUT2D eigenvalue weighted by molar-refractivity contribution is 5.60. The van der Waals surface area contributed by atoms with E-state index in [1.165, 1.54) is 19.3 Å². The molecular formula is C17H22N4. The summed E-state index contributed by atoms with van der Waals surface area (Å²) in [5.41, 5.74) is 6.90. The Balaban J connectivity index is 1.72. The first kappa shape index (κ1) is 13.9. The summed E-state index contributed by atoms with van der Waals surface area (Å²) < 4.78 is 0. The Kier molecular flexibility index (Phi) is 4.04. The van der Waals surface area contributed by atoms with Crippen LogP contribution >= 0.6 is 0 Å². The van der Waals surface area contributed by atoms with Crippen LogP contribution in [0.5, 0.6) is 0 Å². The Morgan fingerprint density at radius 2 is 2.00 bits per heavy atom. The summed E-state index contributed by atoms with van der Waals surface area (Å²) in [6.07, 6.45) is 3.95. The summed E-state index contributed by atoms with van der Waals surface area (Å²) in [6.45, 7) is 3.30. The molecule has 1 aromatic heterocycles. The number of nitrogens with two attached hydrogens (primary N) is 1. The number of anilines is 2. The lowest BCUT2D eigenvalue weighted by atomic mass is 10.1. The predicted octanol–water partition coefficient (Wildman–Crippen LogP) is 3.57. The molecule has 0 saturated heterocycles. The van der Waals surface area contributed by atoms with Gasteiger partial charge in [-0.2, -0.15) is 0 Å². The van der Waals surface area contributed by atoms with E-state index in [0.29, 0.717) is 11.6 Å². The summed E-state index contributed by atoms with van der Waals surface area (Å²) in [7, 11) is 0. The minimum Gasteiger partial charge on any atom is -0.384 e. The molecule has 4 heteroatoms. The molecule has 0 spiro atoms. The van der Waals surface area contributed by atoms with Crippen LogP contribution in [0.25, 0.3) is 11.4 Å². The lowest BCUT2D eigenvalue weighted by Gasteiger charge is -2.12. The van der Waals surface area contributed by atoms with Gasteiger partial charge in [0.1, 0.15) is 11.6 Å². The van der Waals surface area contributed by atoms with Gasteiger partial charge in [-0.15, -0.1) is 0 Å². The van der Waals surface area contributed by atoms with Crippen LogP contribution in [0.1, 0.15) is 26.2 Å². The average molecular weight is 282 g/mol. The molecule has 2 aromatic rings. The van der Waals surface area contributed by atoms with Gasteiger partial charge in [0.25, 0.3) is 0 Å². The molecule has 0 amide bonds. The maximum absolute atomic E-state index is 5.91. The van der Waals surface area contributed by atoms with E-state index in [-0.39, 0.29) is 0 Å². The molecule has 4 nitrogen and oxygen atoms in total. The fourth-order valence-corrected chi connectivity index (χ4v) is 3.03. The average Bonchev–Trinajstić information content (AvgIpc) is 2.91. The number of hydrogen-bond acceptors (Lipinski definition) is 4. The zero-order chi connectivity index (χ0) is 14.7. The van der Waals surface area contributed by atoms with Crippen LogP contribution < -0.4 is 11.1 Å². The smallest absolute Gasteiger partial charge is 0.163 e. The van der Waals surface area contributed by atoms with Crippen LogP contribution in [0.2, 0.25) is 0 Å². The molecule has 110 valence electrons. The third-order valence-corrected chi connectivity index (χ3v) is 4.15. The Labute approximate surface area is 125 Å². The van der Waals surface area contributed by atoms with E-state index in [2.05, 4.69) is 22.2 Å². The summed E-state index contributed by atoms with van der Waals surface area (Å²) in [4.78, 5) is 8.90. The lowest BCUT2D eigenvalue weighted by Crippen LogP contribution is -2.13. The van der Waals surface area contributed by atoms with Crippen molar-refractivity contribution in [3.8, 4) is 11.4 Å². The number of nitrogen functional groups attached to an aromatic ring is 1. The Hall–Kier alpha value is -2.10. The summed E-state index contributed by atoms with van der Waals surface area (Å²) in [6, 6.07) is 11.7. The lowest BCUT2D eigenvalue weighted by molar-refractivity contribution is 0.536. The first-order chi connectivity index (χ1) is 10.2. The van der Waals surface area contributed by atoms with E-state index >= 15 is 0 Å². The molecule has 0 aliphatic heterocycles. The normalized spacial score (nSPS) is 21.4. The van der Waals surface area contributed by atoms with Gasteiger partial charge in [-0.25, -0.2) is 9.97 Å². The molecule has 2 unspecified atom stereocenters. The minimum atomic E-state index is 0.506. The number of nitrogens with zero attached hydrogens (tertiary/aromatic N) is 2. The molecule has 1 aliphatic rings. The number of hydrogen-bond donors (Lipinski definition) is 2. The van der Waals surface area contributed by atoms with Crippen LogP contribution in [0.4, 0.5) is 11.6 Å². The van der Waals surface area contributed by atoms with Crippen molar-refractivity contribution in [1.29, 1.82) is 0 Å². The molecule has 1 heterocycles. The second kappa shape index (κ2) is 6.12. The van der Waals surface area contributed by atoms with E-state index < -0.39 is 0 Å². The first-order valence-electron chi connectivity index (χ1n) is 7.64. The van der Waals surface area contributed by atoms with E-state index in [1.807, 2.05) is 36.4 Å². The van der Waals surface area contributed by atoms with Gasteiger partial charge in [0.2, 0.25) is 0 Å². The molecule has 21 heavy (non-hydrogen) atoms. The first-order valence-corrected chi connectivity index (χ1v) is 7.64. The van der Waals surface area contributed by atoms with Crippen LogP contribution in [0.15, 0.2) is 36.4 Å². The van der Waals surface area contributed by atoms with Gasteiger partial charge >= 0.3 is 0 Å². The quantitative estimate of drug-likeness (QED) is 0.899. The Morgan fingerprint density at radius 3 is 2.71 bits per heavy atom. The SMILES string of the molecule is CC1CCC(CNc2cc(N)nc(-c3ccccc3)n2)C1. The van der Waals surface area contributed by atoms with Crippen molar-refractivity contribution in [3.05, 3.63) is 36.4 Å². The topological polar surface area (TPSA) is 63.8 Å². The second-order valence-corrected chi connectivity index (χ2v) is 6.03. The van der Waals surface area contributed by atoms with E-state index in [0.717, 1.165) is 29.8 Å². The van der Waals surface area contributed by atoms with Gasteiger partial charge in [-0.05, 0) is 24.7 Å². The van der Waals surface area contributed by atoms with Crippen LogP contribution in [-0.4, -0.2) is 16.5 Å². The van der Waals surface area contributed by atoms with E-state index in [4.69, 9.17) is 5.73 Å². The fraction of sp³-hybridized carbons (Fsp3) is 0.412. The third-order valence-electron chi connectivity index (χ3n) is 4.15. The van der Waals surface area contributed by atoms with Crippen LogP contribution in [0.3, 0.4) is 0 Å². The van der Waals surface area contributed by atoms with Crippen LogP contribution in [-0.2, 0) is 0 Å². The van der Waals surface area contributed by atoms with Gasteiger partial charge in [-0.3, -0.25) is 0 Å². The number of rotatable bonds is 4. The highest BCUT2D eigenvalue weighted by atomic mass is 15.0. The van der Waals surface area contributed by atoms with Gasteiger partial charge in [-0.1, -0.05) is 43.7 Å². The summed E-state index contributed by atoms with van der Waals surface area (Å²) in [5, 5.41) is 3.43. The van der Waals surface area contributed by atoms with Crippen molar-refractivity contribution in [3.63, 3.8) is 0 Å². The molecule has 1 aromatic carbocycles. The number of benzene rings is 1. The Morgan fingerprint density at radius 1 is 1.19 bits per heavy atom. The molecule has 1 aliphatic carbocycles. The Bertz CT molecular complexity index is 597. The third kappa shape index (κ3) is 3.51. The summed E-state index contributed by atoms with van der Waals surface area (Å²) >= 11 is 0. The molecule has 3 N–H and O–H groups in total. The van der Waals surface area contributed by atoms with Crippen molar-refractivity contribution in [1.82, 2.24) is 9.97 Å². The van der Waals surface area contributed by atoms with Crippen molar-refractivity contribution >= 4 is 11.6 Å². The van der Waals surface area contributed by atoms with E-state index in [9.17, 15) is 0 Å². The van der Waals surface area contributed by atoms with Gasteiger partial charge in [0.15, 0.2) is 5.82 Å². The number of nitrogens with one attached hydrogen (secondary N) is 1. The van der Waals surface area contributed by atoms with Crippen molar-refractivity contribution in [2.45, 2.75) is 26.2 Å². The van der Waals surface area contributed by atoms with Crippen LogP contribution in [0, 0.1) is 11.8 Å². The number of aromatic nitrogens is 2. The maximum Gasteiger partial charge on any atom is 0.163 e. The minimum absolute atomic E-state index is 0.506. The van der Waals surface area contributed by atoms with Crippen molar-refractivity contribution < 1.29 is 0 Å². The largest absolute Gasteiger partial charge is 0.384 e. The molecule has 0 bridgehead atoms. The van der Waals surface area contributed by atoms with E-state index in [1.54, 1.807) is 0 Å². The molecule has 3 rings (SSSR count). The standard InChI is InChI=1S/C17H22N4/c1-12-7-8-13(9-12)11-19-16-10-15(18)20-17(21-16)14-5-3-2-4-6-14/h2-6,10,12-13H,7-9,11H2,1H3,(H3,18,19,20,21). The zero-order valence-electron chi connectivity index (χ0n) is 12.4. The highest BCUT2D eigenvalue weighted by Crippen LogP contribution is 2.30. The maximum atomic E-state index is 5.91.